The average molecular weight is 327 g/mol. The van der Waals surface area contributed by atoms with Crippen LogP contribution in [-0.4, -0.2) is 15.7 Å². The Hall–Kier alpha value is -2.89. The first-order chi connectivity index (χ1) is 11.6. The lowest BCUT2D eigenvalue weighted by atomic mass is 10.1. The number of nitrogens with one attached hydrogen (secondary N) is 1. The van der Waals surface area contributed by atoms with E-state index >= 15 is 0 Å². The van der Waals surface area contributed by atoms with Gasteiger partial charge in [0.05, 0.1) is 18.3 Å². The van der Waals surface area contributed by atoms with E-state index in [0.717, 1.165) is 5.56 Å². The molecule has 0 aliphatic carbocycles. The van der Waals surface area contributed by atoms with Crippen molar-refractivity contribution in [3.05, 3.63) is 65.9 Å². The highest BCUT2D eigenvalue weighted by Gasteiger charge is 2.10. The molecule has 0 saturated heterocycles. The highest BCUT2D eigenvalue weighted by molar-refractivity contribution is 5.76. The van der Waals surface area contributed by atoms with Gasteiger partial charge in [0.2, 0.25) is 5.91 Å². The lowest BCUT2D eigenvalue weighted by Gasteiger charge is -2.03. The van der Waals surface area contributed by atoms with E-state index in [9.17, 15) is 9.18 Å². The van der Waals surface area contributed by atoms with E-state index in [1.165, 1.54) is 6.07 Å². The number of halogens is 1. The number of nitrogens with zero attached hydrogens (tertiary/aromatic N) is 2. The van der Waals surface area contributed by atoms with Crippen LogP contribution in [0.15, 0.2) is 53.2 Å². The molecule has 24 heavy (non-hydrogen) atoms. The van der Waals surface area contributed by atoms with Gasteiger partial charge in [0.25, 0.3) is 0 Å². The molecule has 0 spiro atoms. The molecule has 1 N–H and O–H groups in total. The Balaban J connectivity index is 1.52. The fraction of sp³-hybridized carbons (Fsp3) is 0.222. The SMILES string of the molecule is Cn1cc(CCC(=O)NCc2ccc(-c3ccccc3F)o2)cn1. The topological polar surface area (TPSA) is 60.1 Å². The van der Waals surface area contributed by atoms with E-state index in [1.807, 2.05) is 13.2 Å². The van der Waals surface area contributed by atoms with Crippen molar-refractivity contribution in [3.63, 3.8) is 0 Å². The predicted octanol–water partition coefficient (Wildman–Crippen LogP) is 3.07. The molecule has 0 bridgehead atoms. The molecule has 6 heteroatoms. The van der Waals surface area contributed by atoms with Crippen LogP contribution in [0.25, 0.3) is 11.3 Å². The zero-order valence-electron chi connectivity index (χ0n) is 13.3. The average Bonchev–Trinajstić information content (AvgIpc) is 3.20. The third-order valence-electron chi connectivity index (χ3n) is 3.66. The van der Waals surface area contributed by atoms with Crippen molar-refractivity contribution in [1.29, 1.82) is 0 Å². The van der Waals surface area contributed by atoms with Gasteiger partial charge in [-0.1, -0.05) is 12.1 Å². The zero-order chi connectivity index (χ0) is 16.9. The molecule has 0 aliphatic rings. The molecule has 1 amide bonds. The zero-order valence-corrected chi connectivity index (χ0v) is 13.3. The number of rotatable bonds is 6. The maximum atomic E-state index is 13.7. The number of aryl methyl sites for hydroxylation is 2. The molecule has 5 nitrogen and oxygen atoms in total. The van der Waals surface area contributed by atoms with Crippen LogP contribution in [0.4, 0.5) is 4.39 Å². The van der Waals surface area contributed by atoms with Gasteiger partial charge in [0.15, 0.2) is 0 Å². The van der Waals surface area contributed by atoms with Crippen LogP contribution in [0.1, 0.15) is 17.7 Å². The molecule has 0 atom stereocenters. The molecule has 0 fully saturated rings. The number of furan rings is 1. The number of hydrogen-bond donors (Lipinski definition) is 1. The smallest absolute Gasteiger partial charge is 0.220 e. The number of benzene rings is 1. The minimum Gasteiger partial charge on any atom is -0.459 e. The Labute approximate surface area is 139 Å². The van der Waals surface area contributed by atoms with Crippen LogP contribution in [0.3, 0.4) is 0 Å². The summed E-state index contributed by atoms with van der Waals surface area (Å²) in [5, 5.41) is 6.87. The fourth-order valence-electron chi connectivity index (χ4n) is 2.41. The van der Waals surface area contributed by atoms with Gasteiger partial charge in [0.1, 0.15) is 17.3 Å². The molecule has 0 saturated carbocycles. The Kier molecular flexibility index (Phi) is 4.74. The summed E-state index contributed by atoms with van der Waals surface area (Å²) in [4.78, 5) is 11.9. The van der Waals surface area contributed by atoms with E-state index in [-0.39, 0.29) is 18.3 Å². The van der Waals surface area contributed by atoms with Crippen LogP contribution in [0, 0.1) is 5.82 Å². The lowest BCUT2D eigenvalue weighted by molar-refractivity contribution is -0.121. The molecule has 3 rings (SSSR count). The standard InChI is InChI=1S/C18H18FN3O2/c1-22-12-13(10-21-22)6-9-18(23)20-11-14-7-8-17(24-14)15-4-2-3-5-16(15)19/h2-5,7-8,10,12H,6,9,11H2,1H3,(H,20,23). The maximum Gasteiger partial charge on any atom is 0.220 e. The summed E-state index contributed by atoms with van der Waals surface area (Å²) in [7, 11) is 1.84. The van der Waals surface area contributed by atoms with Crippen LogP contribution in [0.5, 0.6) is 0 Å². The van der Waals surface area contributed by atoms with Gasteiger partial charge in [0, 0.05) is 19.7 Å². The summed E-state index contributed by atoms with van der Waals surface area (Å²) < 4.78 is 21.0. The second-order valence-electron chi connectivity index (χ2n) is 5.54. The Bertz CT molecular complexity index is 838. The number of carbonyl (C=O) groups is 1. The third-order valence-corrected chi connectivity index (χ3v) is 3.66. The summed E-state index contributed by atoms with van der Waals surface area (Å²) in [6.07, 6.45) is 4.66. The van der Waals surface area contributed by atoms with Crippen molar-refractivity contribution in [1.82, 2.24) is 15.1 Å². The van der Waals surface area contributed by atoms with Crippen molar-refractivity contribution in [3.8, 4) is 11.3 Å². The van der Waals surface area contributed by atoms with Crippen molar-refractivity contribution in [2.75, 3.05) is 0 Å². The third kappa shape index (κ3) is 3.90. The van der Waals surface area contributed by atoms with E-state index in [4.69, 9.17) is 4.42 Å². The van der Waals surface area contributed by atoms with Gasteiger partial charge in [-0.3, -0.25) is 9.48 Å². The Morgan fingerprint density at radius 2 is 2.12 bits per heavy atom. The summed E-state index contributed by atoms with van der Waals surface area (Å²) in [6, 6.07) is 9.87. The van der Waals surface area contributed by atoms with Gasteiger partial charge in [-0.25, -0.2) is 4.39 Å². The largest absolute Gasteiger partial charge is 0.459 e. The predicted molar refractivity (Wildman–Crippen MR) is 87.5 cm³/mol. The highest BCUT2D eigenvalue weighted by atomic mass is 19.1. The number of hydrogen-bond acceptors (Lipinski definition) is 3. The second kappa shape index (κ2) is 7.12. The molecule has 2 heterocycles. The first-order valence-corrected chi connectivity index (χ1v) is 7.69. The van der Waals surface area contributed by atoms with E-state index in [1.54, 1.807) is 41.2 Å². The molecule has 3 aromatic rings. The number of aromatic nitrogens is 2. The fourth-order valence-corrected chi connectivity index (χ4v) is 2.41. The summed E-state index contributed by atoms with van der Waals surface area (Å²) in [5.41, 5.74) is 1.43. The molecule has 0 aliphatic heterocycles. The first-order valence-electron chi connectivity index (χ1n) is 7.69. The van der Waals surface area contributed by atoms with Crippen LogP contribution >= 0.6 is 0 Å². The minimum atomic E-state index is -0.334. The highest BCUT2D eigenvalue weighted by Crippen LogP contribution is 2.24. The monoisotopic (exact) mass is 327 g/mol. The van der Waals surface area contributed by atoms with Gasteiger partial charge < -0.3 is 9.73 Å². The van der Waals surface area contributed by atoms with Gasteiger partial charge in [-0.15, -0.1) is 0 Å². The van der Waals surface area contributed by atoms with E-state index in [0.29, 0.717) is 29.9 Å². The molecular weight excluding hydrogens is 309 g/mol. The normalized spacial score (nSPS) is 10.8. The summed E-state index contributed by atoms with van der Waals surface area (Å²) >= 11 is 0. The summed E-state index contributed by atoms with van der Waals surface area (Å²) in [6.45, 7) is 0.278. The molecule has 0 radical (unpaired) electrons. The van der Waals surface area contributed by atoms with Gasteiger partial charge in [-0.05, 0) is 36.2 Å². The molecule has 0 unspecified atom stereocenters. The molecule has 2 aromatic heterocycles. The first kappa shape index (κ1) is 16.0. The van der Waals surface area contributed by atoms with Crippen LogP contribution in [-0.2, 0) is 24.8 Å². The van der Waals surface area contributed by atoms with E-state index < -0.39 is 0 Å². The second-order valence-corrected chi connectivity index (χ2v) is 5.54. The minimum absolute atomic E-state index is 0.0669. The van der Waals surface area contributed by atoms with Crippen molar-refractivity contribution < 1.29 is 13.6 Å². The van der Waals surface area contributed by atoms with Gasteiger partial charge >= 0.3 is 0 Å². The number of carbonyl (C=O) groups excluding carboxylic acids is 1. The Morgan fingerprint density at radius 1 is 1.29 bits per heavy atom. The molecule has 1 aromatic carbocycles. The lowest BCUT2D eigenvalue weighted by Crippen LogP contribution is -2.22. The van der Waals surface area contributed by atoms with Crippen molar-refractivity contribution in [2.24, 2.45) is 7.05 Å². The van der Waals surface area contributed by atoms with Crippen LogP contribution in [0.2, 0.25) is 0 Å². The van der Waals surface area contributed by atoms with E-state index in [2.05, 4.69) is 10.4 Å². The van der Waals surface area contributed by atoms with Crippen LogP contribution < -0.4 is 5.32 Å². The van der Waals surface area contributed by atoms with Crippen molar-refractivity contribution in [2.45, 2.75) is 19.4 Å². The van der Waals surface area contributed by atoms with Crippen molar-refractivity contribution >= 4 is 5.91 Å². The van der Waals surface area contributed by atoms with Gasteiger partial charge in [-0.2, -0.15) is 5.10 Å². The quantitative estimate of drug-likeness (QED) is 0.757. The molecular formula is C18H18FN3O2. The number of amides is 1. The Morgan fingerprint density at radius 3 is 2.88 bits per heavy atom. The maximum absolute atomic E-state index is 13.7. The summed E-state index contributed by atoms with van der Waals surface area (Å²) in [5.74, 6) is 0.636. The molecule has 124 valence electrons.